The van der Waals surface area contributed by atoms with Gasteiger partial charge in [-0.1, -0.05) is 48.0 Å². The van der Waals surface area contributed by atoms with Gasteiger partial charge < -0.3 is 19.7 Å². The molecular weight excluding hydrogens is 538 g/mol. The number of aromatic carboxylic acids is 1. The van der Waals surface area contributed by atoms with Gasteiger partial charge in [0.2, 0.25) is 5.91 Å². The van der Waals surface area contributed by atoms with Crippen LogP contribution in [0.25, 0.3) is 22.0 Å². The number of anilines is 1. The number of benzene rings is 4. The van der Waals surface area contributed by atoms with Gasteiger partial charge in [-0.3, -0.25) is 4.79 Å². The molecule has 0 radical (unpaired) electrons. The van der Waals surface area contributed by atoms with E-state index in [0.29, 0.717) is 32.8 Å². The summed E-state index contributed by atoms with van der Waals surface area (Å²) in [5, 5.41) is 14.0. The van der Waals surface area contributed by atoms with E-state index in [1.165, 1.54) is 12.1 Å². The molecule has 0 atom stereocenters. The predicted molar refractivity (Wildman–Crippen MR) is 150 cm³/mol. The standard InChI is InChI=1S/C31H23ClF2N2O4/c1-40-25-8-5-18(6-9-25)12-28(37)35-29-26-10-7-20(21-13-23(33)16-24(34)14-21)15-27(26)36(30(29)31(38)39)17-19-3-2-4-22(32)11-19/h2-11,13-16H,12,17H2,1H3,(H,35,37)(H,38,39). The van der Waals surface area contributed by atoms with Crippen molar-refractivity contribution >= 4 is 40.1 Å². The van der Waals surface area contributed by atoms with Gasteiger partial charge in [0, 0.05) is 23.0 Å². The summed E-state index contributed by atoms with van der Waals surface area (Å²) in [5.41, 5.74) is 2.65. The van der Waals surface area contributed by atoms with Gasteiger partial charge >= 0.3 is 5.97 Å². The highest BCUT2D eigenvalue weighted by Gasteiger charge is 2.25. The Morgan fingerprint density at radius 3 is 2.27 bits per heavy atom. The number of carboxylic acids is 1. The van der Waals surface area contributed by atoms with Crippen LogP contribution in [0.1, 0.15) is 21.6 Å². The van der Waals surface area contributed by atoms with Crippen molar-refractivity contribution in [3.8, 4) is 16.9 Å². The third-order valence-corrected chi connectivity index (χ3v) is 6.72. The number of rotatable bonds is 8. The van der Waals surface area contributed by atoms with E-state index in [9.17, 15) is 23.5 Å². The molecule has 4 aromatic carbocycles. The van der Waals surface area contributed by atoms with Crippen LogP contribution in [0.5, 0.6) is 5.75 Å². The molecule has 2 N–H and O–H groups in total. The molecule has 0 unspecified atom stereocenters. The molecule has 202 valence electrons. The molecule has 5 aromatic rings. The zero-order valence-corrected chi connectivity index (χ0v) is 22.0. The van der Waals surface area contributed by atoms with Crippen molar-refractivity contribution in [1.82, 2.24) is 4.57 Å². The molecule has 0 aliphatic rings. The SMILES string of the molecule is COc1ccc(CC(=O)Nc2c(C(=O)O)n(Cc3cccc(Cl)c3)c3cc(-c4cc(F)cc(F)c4)ccc23)cc1. The minimum atomic E-state index is -1.25. The lowest BCUT2D eigenvalue weighted by Gasteiger charge is -2.11. The lowest BCUT2D eigenvalue weighted by atomic mass is 10.0. The topological polar surface area (TPSA) is 80.6 Å². The summed E-state index contributed by atoms with van der Waals surface area (Å²) in [6.45, 7) is 0.119. The van der Waals surface area contributed by atoms with Crippen LogP contribution in [0.2, 0.25) is 5.02 Å². The van der Waals surface area contributed by atoms with Gasteiger partial charge in [0.15, 0.2) is 5.69 Å². The number of carboxylic acid groups (broad SMARTS) is 1. The first kappa shape index (κ1) is 26.9. The number of fused-ring (bicyclic) bond motifs is 1. The molecule has 0 saturated carbocycles. The summed E-state index contributed by atoms with van der Waals surface area (Å²) in [7, 11) is 1.55. The number of aromatic nitrogens is 1. The first-order valence-corrected chi connectivity index (χ1v) is 12.6. The molecule has 9 heteroatoms. The van der Waals surface area contributed by atoms with Crippen molar-refractivity contribution < 1.29 is 28.2 Å². The van der Waals surface area contributed by atoms with E-state index in [4.69, 9.17) is 16.3 Å². The fourth-order valence-corrected chi connectivity index (χ4v) is 4.91. The number of carbonyl (C=O) groups excluding carboxylic acids is 1. The van der Waals surface area contributed by atoms with Crippen LogP contribution in [0.15, 0.2) is 84.9 Å². The highest BCUT2D eigenvalue weighted by atomic mass is 35.5. The molecule has 5 rings (SSSR count). The zero-order chi connectivity index (χ0) is 28.4. The molecular formula is C31H23ClF2N2O4. The Morgan fingerprint density at radius 2 is 1.62 bits per heavy atom. The molecule has 0 fully saturated rings. The van der Waals surface area contributed by atoms with Crippen LogP contribution >= 0.6 is 11.6 Å². The highest BCUT2D eigenvalue weighted by molar-refractivity contribution is 6.30. The van der Waals surface area contributed by atoms with Crippen LogP contribution < -0.4 is 10.1 Å². The summed E-state index contributed by atoms with van der Waals surface area (Å²) >= 11 is 6.18. The minimum absolute atomic E-state index is 0.00464. The van der Waals surface area contributed by atoms with Crippen LogP contribution in [0.4, 0.5) is 14.5 Å². The summed E-state index contributed by atoms with van der Waals surface area (Å²) in [5.74, 6) is -2.48. The molecule has 0 spiro atoms. The van der Waals surface area contributed by atoms with E-state index in [1.807, 2.05) is 0 Å². The second-order valence-electron chi connectivity index (χ2n) is 9.21. The first-order valence-electron chi connectivity index (χ1n) is 12.2. The molecule has 0 aliphatic carbocycles. The van der Waals surface area contributed by atoms with E-state index in [2.05, 4.69) is 5.32 Å². The second kappa shape index (κ2) is 11.2. The van der Waals surface area contributed by atoms with Crippen molar-refractivity contribution in [2.24, 2.45) is 0 Å². The van der Waals surface area contributed by atoms with Crippen molar-refractivity contribution in [3.05, 3.63) is 118 Å². The van der Waals surface area contributed by atoms with E-state index in [-0.39, 0.29) is 29.9 Å². The average Bonchev–Trinajstić information content (AvgIpc) is 3.20. The van der Waals surface area contributed by atoms with Crippen molar-refractivity contribution in [1.29, 1.82) is 0 Å². The van der Waals surface area contributed by atoms with E-state index in [0.717, 1.165) is 11.6 Å². The van der Waals surface area contributed by atoms with Gasteiger partial charge in [0.05, 0.1) is 24.7 Å². The van der Waals surface area contributed by atoms with Crippen molar-refractivity contribution in [2.45, 2.75) is 13.0 Å². The fraction of sp³-hybridized carbons (Fsp3) is 0.0968. The molecule has 0 aliphatic heterocycles. The highest BCUT2D eigenvalue weighted by Crippen LogP contribution is 2.36. The maximum Gasteiger partial charge on any atom is 0.354 e. The predicted octanol–water partition coefficient (Wildman–Crippen LogP) is 7.18. The normalized spacial score (nSPS) is 11.0. The van der Waals surface area contributed by atoms with Gasteiger partial charge in [-0.2, -0.15) is 0 Å². The van der Waals surface area contributed by atoms with Gasteiger partial charge in [-0.05, 0) is 64.7 Å². The number of hydrogen-bond acceptors (Lipinski definition) is 3. The lowest BCUT2D eigenvalue weighted by molar-refractivity contribution is -0.115. The van der Waals surface area contributed by atoms with Crippen molar-refractivity contribution in [3.63, 3.8) is 0 Å². The van der Waals surface area contributed by atoms with E-state index < -0.39 is 23.5 Å². The molecule has 0 saturated heterocycles. The number of carbonyl (C=O) groups is 2. The maximum atomic E-state index is 14.0. The van der Waals surface area contributed by atoms with Crippen LogP contribution in [0, 0.1) is 11.6 Å². The number of nitrogens with one attached hydrogen (secondary N) is 1. The minimum Gasteiger partial charge on any atom is -0.497 e. The summed E-state index contributed by atoms with van der Waals surface area (Å²) in [4.78, 5) is 25.7. The van der Waals surface area contributed by atoms with Gasteiger partial charge in [0.1, 0.15) is 17.4 Å². The monoisotopic (exact) mass is 560 g/mol. The average molecular weight is 561 g/mol. The Hall–Kier alpha value is -4.69. The van der Waals surface area contributed by atoms with E-state index >= 15 is 0 Å². The second-order valence-corrected chi connectivity index (χ2v) is 9.64. The molecule has 1 amide bonds. The Bertz CT molecular complexity index is 1730. The Morgan fingerprint density at radius 1 is 0.900 bits per heavy atom. The summed E-state index contributed by atoms with van der Waals surface area (Å²) < 4.78 is 34.7. The number of methoxy groups -OCH3 is 1. The maximum absolute atomic E-state index is 14.0. The Kier molecular flexibility index (Phi) is 7.53. The smallest absolute Gasteiger partial charge is 0.354 e. The van der Waals surface area contributed by atoms with Crippen LogP contribution in [0.3, 0.4) is 0 Å². The van der Waals surface area contributed by atoms with Crippen LogP contribution in [-0.2, 0) is 17.8 Å². The summed E-state index contributed by atoms with van der Waals surface area (Å²) in [6.07, 6.45) is 0.00464. The third-order valence-electron chi connectivity index (χ3n) is 6.48. The zero-order valence-electron chi connectivity index (χ0n) is 21.3. The Balaban J connectivity index is 1.62. The largest absolute Gasteiger partial charge is 0.497 e. The lowest BCUT2D eigenvalue weighted by Crippen LogP contribution is -2.18. The first-order chi connectivity index (χ1) is 19.2. The number of ether oxygens (including phenoxy) is 1. The number of amides is 1. The molecule has 0 bridgehead atoms. The molecule has 1 aromatic heterocycles. The number of nitrogens with zero attached hydrogens (tertiary/aromatic N) is 1. The fourth-order valence-electron chi connectivity index (χ4n) is 4.69. The van der Waals surface area contributed by atoms with Gasteiger partial charge in [-0.15, -0.1) is 0 Å². The Labute approximate surface area is 233 Å². The molecule has 6 nitrogen and oxygen atoms in total. The number of hydrogen-bond donors (Lipinski definition) is 2. The van der Waals surface area contributed by atoms with E-state index in [1.54, 1.807) is 78.4 Å². The number of halogens is 3. The quantitative estimate of drug-likeness (QED) is 0.211. The summed E-state index contributed by atoms with van der Waals surface area (Å²) in [6, 6.07) is 22.0. The van der Waals surface area contributed by atoms with Gasteiger partial charge in [-0.25, -0.2) is 13.6 Å². The molecule has 1 heterocycles. The van der Waals surface area contributed by atoms with Gasteiger partial charge in [0.25, 0.3) is 0 Å². The van der Waals surface area contributed by atoms with Crippen LogP contribution in [-0.4, -0.2) is 28.7 Å². The van der Waals surface area contributed by atoms with Crippen molar-refractivity contribution in [2.75, 3.05) is 12.4 Å². The molecule has 40 heavy (non-hydrogen) atoms. The third kappa shape index (κ3) is 5.67.